The minimum atomic E-state index is -4.68. The van der Waals surface area contributed by atoms with Crippen LogP contribution >= 0.6 is 0 Å². The van der Waals surface area contributed by atoms with Gasteiger partial charge in [-0.05, 0) is 77.1 Å². The third-order valence-electron chi connectivity index (χ3n) is 21.3. The summed E-state index contributed by atoms with van der Waals surface area (Å²) >= 11 is 0. The topological polar surface area (TPSA) is 409 Å². The number of nitrogens with zero attached hydrogens (tertiary/aromatic N) is 16. The average Bonchev–Trinajstić information content (AvgIpc) is 1.67. The normalized spacial score (nSPS) is 14.8. The van der Waals surface area contributed by atoms with Crippen molar-refractivity contribution in [1.82, 2.24) is 78.7 Å². The third kappa shape index (κ3) is 30.0. The number of fused-ring (bicyclic) bond motifs is 4. The predicted molar refractivity (Wildman–Crippen MR) is 439 cm³/mol. The predicted octanol–water partition coefficient (Wildman–Crippen LogP) is 13.1. The smallest absolute Gasteiger partial charge is 0.451 e. The number of carbonyl (C=O) groups is 8. The number of amides is 4. The van der Waals surface area contributed by atoms with Crippen molar-refractivity contribution in [2.24, 2.45) is 17.2 Å². The van der Waals surface area contributed by atoms with E-state index in [1.54, 1.807) is 0 Å². The molecule has 148 heavy (non-hydrogen) atoms. The van der Waals surface area contributed by atoms with Gasteiger partial charge < -0.3 is 74.8 Å². The van der Waals surface area contributed by atoms with E-state index in [2.05, 4.69) is 40.8 Å². The number of ketones is 1. The number of carbonyl (C=O) groups excluding carboxylic acids is 7. The van der Waals surface area contributed by atoms with Crippen molar-refractivity contribution in [2.45, 2.75) is 174 Å². The Hall–Kier alpha value is -15.3. The molecule has 800 valence electrons. The van der Waals surface area contributed by atoms with E-state index < -0.39 is 266 Å². The fourth-order valence-electron chi connectivity index (χ4n) is 14.3. The van der Waals surface area contributed by atoms with Crippen molar-refractivity contribution in [3.63, 3.8) is 0 Å². The molecule has 8 N–H and O–H groups in total. The summed E-state index contributed by atoms with van der Waals surface area (Å²) in [5, 5.41) is 44.3. The van der Waals surface area contributed by atoms with Crippen LogP contribution in [0.4, 0.5) is 132 Å². The van der Waals surface area contributed by atoms with Crippen LogP contribution in [0.2, 0.25) is 0 Å². The second kappa shape index (κ2) is 47.5. The summed E-state index contributed by atoms with van der Waals surface area (Å²) in [5.41, 5.74) is 14.6. The van der Waals surface area contributed by atoms with Crippen molar-refractivity contribution in [3.05, 3.63) is 281 Å². The van der Waals surface area contributed by atoms with Crippen molar-refractivity contribution in [2.75, 3.05) is 26.2 Å². The Morgan fingerprint density at radius 2 is 0.608 bits per heavy atom. The number of Topliss-reactive ketones (excluding diaryl/α,β-unsaturated/α-hetero) is 1. The number of allylic oxidation sites excluding steroid dienone is 2. The van der Waals surface area contributed by atoms with Crippen LogP contribution in [0.15, 0.2) is 95.9 Å². The van der Waals surface area contributed by atoms with Gasteiger partial charge in [0.05, 0.1) is 39.0 Å². The van der Waals surface area contributed by atoms with Crippen molar-refractivity contribution >= 4 is 47.3 Å². The van der Waals surface area contributed by atoms with Crippen LogP contribution in [0.5, 0.6) is 0 Å². The van der Waals surface area contributed by atoms with Crippen LogP contribution in [0.1, 0.15) is 121 Å². The second-order valence-corrected chi connectivity index (χ2v) is 32.6. The van der Waals surface area contributed by atoms with Gasteiger partial charge in [-0.15, -0.1) is 40.8 Å². The Bertz CT molecular complexity index is 6570. The first-order chi connectivity index (χ1) is 68.3. The van der Waals surface area contributed by atoms with Gasteiger partial charge in [-0.2, -0.15) is 52.7 Å². The summed E-state index contributed by atoms with van der Waals surface area (Å²) in [5.74, 6) is -35.7. The maximum absolute atomic E-state index is 13.7. The molecule has 0 saturated carbocycles. The fourth-order valence-corrected chi connectivity index (χ4v) is 14.3. The summed E-state index contributed by atoms with van der Waals surface area (Å²) in [4.78, 5) is 99.6. The van der Waals surface area contributed by atoms with Crippen LogP contribution in [-0.4, -0.2) is 180 Å². The number of benzene rings is 6. The van der Waals surface area contributed by atoms with Gasteiger partial charge in [-0.1, -0.05) is 7.43 Å². The number of rotatable bonds is 19. The summed E-state index contributed by atoms with van der Waals surface area (Å²) in [6.45, 7) is 1.03. The molecular formula is C87H75F30N19O12. The number of cyclic esters (lactones) is 2. The molecule has 4 aromatic heterocycles. The molecule has 15 rings (SSSR count). The Balaban J connectivity index is 0.000000199. The molecule has 1 saturated heterocycles. The Morgan fingerprint density at radius 1 is 0.358 bits per heavy atom. The molecule has 0 aliphatic carbocycles. The maximum atomic E-state index is 13.7. The molecule has 5 aliphatic heterocycles. The minimum absolute atomic E-state index is 0. The molecule has 0 spiro atoms. The number of aliphatic hydroxyl groups is 1. The van der Waals surface area contributed by atoms with Crippen LogP contribution in [0.25, 0.3) is 0 Å². The first kappa shape index (κ1) is 116. The molecule has 31 nitrogen and oxygen atoms in total. The van der Waals surface area contributed by atoms with E-state index in [9.17, 15) is 175 Å². The lowest BCUT2D eigenvalue weighted by Crippen LogP contribution is -2.42. The zero-order valence-electron chi connectivity index (χ0n) is 74.7. The number of hydrogen-bond acceptors (Lipinski definition) is 22. The summed E-state index contributed by atoms with van der Waals surface area (Å²) < 4.78 is 403. The molecule has 0 bridgehead atoms. The first-order valence-electron chi connectivity index (χ1n) is 41.8. The van der Waals surface area contributed by atoms with Gasteiger partial charge in [-0.3, -0.25) is 28.8 Å². The molecule has 5 aliphatic rings. The van der Waals surface area contributed by atoms with Gasteiger partial charge in [0, 0.05) is 164 Å². The molecule has 0 radical (unpaired) electrons. The van der Waals surface area contributed by atoms with Crippen molar-refractivity contribution < 1.29 is 190 Å². The summed E-state index contributed by atoms with van der Waals surface area (Å²) in [7, 11) is 0. The monoisotopic (exact) mass is 2150 g/mol. The zero-order chi connectivity index (χ0) is 109. The molecule has 10 aromatic rings. The molecule has 61 heteroatoms. The average molecular weight is 2150 g/mol. The molecule has 9 heterocycles. The minimum Gasteiger partial charge on any atom is -0.511 e. The Labute approximate surface area is 811 Å². The van der Waals surface area contributed by atoms with Gasteiger partial charge in [0.1, 0.15) is 46.4 Å². The number of aliphatic carboxylic acids is 1. The van der Waals surface area contributed by atoms with E-state index in [4.69, 9.17) is 31.8 Å². The van der Waals surface area contributed by atoms with Gasteiger partial charge >= 0.3 is 42.6 Å². The number of ether oxygens (including phenoxy) is 2. The standard InChI is InChI=1S/2C16H15F6N5O.C16H13F6N5O.C16H12F6N4O2.C14H11F3O5.C8H5F3O2.CH4/c3*17-10-6-12(19)11(18)4-8(10)3-9(23)5-14(28)26-1-2-27-13(7-26)24-25-15(27)16(20,21)22;17-10-6-12(19)11(18)4-8(10)3-9(27)5-14(28)25-1-2-26-13(7-25)23-24-15(26)16(20,21)22;1-14(2)21-12(19)11(13(20)22-14)10(18)4-6-3-8(16)9(17)5-7(6)15;9-5-3-7(11)6(10)1-4(5)2-8(12)13;/h2*4,6,9H,1-3,5,7,23H2;4-6H,1-3,7,23H2;4,6H,1-3,5,7H2;3,5,18H,4H2,1-2H3;1,3H,2H2,(H,12,13);1H4/b;;9-5-;;;;/t2*9-;;;;;/m11...../s1. The number of halogens is 30. The van der Waals surface area contributed by atoms with E-state index in [1.807, 2.05) is 0 Å². The molecule has 4 amide bonds. The van der Waals surface area contributed by atoms with Crippen LogP contribution in [0, 0.1) is 105 Å². The highest BCUT2D eigenvalue weighted by atomic mass is 19.4. The highest BCUT2D eigenvalue weighted by Crippen LogP contribution is 2.36. The highest BCUT2D eigenvalue weighted by molar-refractivity contribution is 6.15. The number of aromatic nitrogens is 12. The molecule has 1 fully saturated rings. The number of aliphatic hydroxyl groups excluding tert-OH is 1. The third-order valence-corrected chi connectivity index (χ3v) is 21.3. The number of hydrogen-bond donors (Lipinski definition) is 5. The van der Waals surface area contributed by atoms with Gasteiger partial charge in [-0.25, -0.2) is 88.6 Å². The second-order valence-electron chi connectivity index (χ2n) is 32.6. The summed E-state index contributed by atoms with van der Waals surface area (Å²) in [6, 6.07) is 3.89. The quantitative estimate of drug-likeness (QED) is 0.00954. The van der Waals surface area contributed by atoms with E-state index in [-0.39, 0.29) is 169 Å². The first-order valence-corrected chi connectivity index (χ1v) is 41.8. The fraction of sp³-hybridized carbons (Fsp3) is 0.356. The van der Waals surface area contributed by atoms with Crippen molar-refractivity contribution in [3.8, 4) is 0 Å². The lowest BCUT2D eigenvalue weighted by atomic mass is 10.0. The van der Waals surface area contributed by atoms with E-state index >= 15 is 0 Å². The van der Waals surface area contributed by atoms with Crippen molar-refractivity contribution in [1.29, 1.82) is 0 Å². The zero-order valence-corrected chi connectivity index (χ0v) is 74.7. The Morgan fingerprint density at radius 3 is 0.905 bits per heavy atom. The molecule has 2 atom stereocenters. The number of carboxylic acid groups (broad SMARTS) is 1. The van der Waals surface area contributed by atoms with E-state index in [0.717, 1.165) is 29.2 Å². The van der Waals surface area contributed by atoms with Crippen LogP contribution in [-0.2, 0) is 163 Å². The molecule has 0 unspecified atom stereocenters. The van der Waals surface area contributed by atoms with Crippen LogP contribution in [0.3, 0.4) is 0 Å². The highest BCUT2D eigenvalue weighted by Gasteiger charge is 2.46. The van der Waals surface area contributed by atoms with Gasteiger partial charge in [0.25, 0.3) is 5.79 Å². The number of nitrogens with two attached hydrogens (primary N) is 3. The molecule has 6 aromatic carbocycles. The van der Waals surface area contributed by atoms with Gasteiger partial charge in [0.15, 0.2) is 98.7 Å². The number of alkyl halides is 12. The van der Waals surface area contributed by atoms with Crippen LogP contribution < -0.4 is 17.2 Å². The lowest BCUT2D eigenvalue weighted by Gasteiger charge is -2.30. The van der Waals surface area contributed by atoms with Gasteiger partial charge in [0.2, 0.25) is 46.9 Å². The summed E-state index contributed by atoms with van der Waals surface area (Å²) in [6.07, 6.45) is -21.6. The van der Waals surface area contributed by atoms with E-state index in [0.29, 0.717) is 72.8 Å². The lowest BCUT2D eigenvalue weighted by molar-refractivity contribution is -0.223. The number of carboxylic acids is 1. The maximum Gasteiger partial charge on any atom is 0.451 e. The Kier molecular flexibility index (Phi) is 37.3. The SMILES string of the molecule is C.CC1(C)OC(=O)C(=C(O)Cc2cc(F)c(F)cc2F)C(=O)O1.N/C(=C\C(=O)N1CCn2c(nnc2C(F)(F)F)C1)Cc1cc(F)c(F)cc1F.N[C@@H](CC(=O)N1CCn2c(nnc2C(F)(F)F)C1)Cc1cc(F)c(F)cc1F.N[C@@H](CC(=O)N1CCn2c(nnc2C(F)(F)F)C1)Cc1cc(F)c(F)cc1F.O=C(CC(=O)N1CCn2c(nnc2C(F)(F)F)C1)Cc1cc(F)c(F)cc1F.O=C(O)Cc1cc(F)c(F)cc1F. The largest absolute Gasteiger partial charge is 0.511 e. The number of esters is 2. The van der Waals surface area contributed by atoms with E-state index in [1.165, 1.54) is 28.5 Å². The molecular weight excluding hydrogens is 2070 g/mol.